The molecule has 1 fully saturated rings. The van der Waals surface area contributed by atoms with E-state index in [1.165, 1.54) is 4.31 Å². The van der Waals surface area contributed by atoms with E-state index in [0.717, 1.165) is 11.8 Å². The van der Waals surface area contributed by atoms with E-state index in [1.54, 1.807) is 24.3 Å². The maximum absolute atomic E-state index is 12.5. The van der Waals surface area contributed by atoms with Gasteiger partial charge in [-0.3, -0.25) is 0 Å². The Morgan fingerprint density at radius 2 is 2.18 bits per heavy atom. The summed E-state index contributed by atoms with van der Waals surface area (Å²) >= 11 is 0. The number of oxazole rings is 1. The molecule has 3 rings (SSSR count). The molecule has 0 aliphatic carbocycles. The largest absolute Gasteiger partial charge is 0.444 e. The molecule has 1 aliphatic rings. The first-order valence-electron chi connectivity index (χ1n) is 6.76. The van der Waals surface area contributed by atoms with Gasteiger partial charge in [0.2, 0.25) is 15.9 Å². The molecule has 1 aromatic heterocycles. The summed E-state index contributed by atoms with van der Waals surface area (Å²) in [6.07, 6.45) is -1.13. The fourth-order valence-corrected chi connectivity index (χ4v) is 3.90. The molecule has 0 saturated carbocycles. The van der Waals surface area contributed by atoms with E-state index in [9.17, 15) is 17.2 Å². The van der Waals surface area contributed by atoms with Crippen molar-refractivity contribution in [3.05, 3.63) is 41.8 Å². The van der Waals surface area contributed by atoms with Gasteiger partial charge in [-0.15, -0.1) is 0 Å². The van der Waals surface area contributed by atoms with Crippen molar-refractivity contribution in [2.24, 2.45) is 0 Å². The highest BCUT2D eigenvalue weighted by atomic mass is 32.2. The lowest BCUT2D eigenvalue weighted by atomic mass is 10.1. The van der Waals surface area contributed by atoms with Crippen molar-refractivity contribution in [3.8, 4) is 11.5 Å². The molecule has 2 aromatic rings. The second-order valence-corrected chi connectivity index (χ2v) is 7.17. The number of benzene rings is 1. The van der Waals surface area contributed by atoms with E-state index in [0.29, 0.717) is 18.5 Å². The lowest BCUT2D eigenvalue weighted by molar-refractivity contribution is 0.146. The van der Waals surface area contributed by atoms with Gasteiger partial charge in [0.1, 0.15) is 12.0 Å². The number of nitrogens with zero attached hydrogens (tertiary/aromatic N) is 2. The standard InChI is InChI=1S/C14H14F2N2O3S/c15-13(16)12-9-21-14(17-12)11-4-1-3-10(7-11)8-18-5-2-6-22(18,19)20/h1,3-4,7,9,13H,2,5-6,8H2. The maximum Gasteiger partial charge on any atom is 0.283 e. The molecule has 8 heteroatoms. The summed E-state index contributed by atoms with van der Waals surface area (Å²) in [5, 5.41) is 0. The molecule has 0 radical (unpaired) electrons. The van der Waals surface area contributed by atoms with E-state index < -0.39 is 22.1 Å². The predicted molar refractivity (Wildman–Crippen MR) is 75.7 cm³/mol. The molecule has 22 heavy (non-hydrogen) atoms. The van der Waals surface area contributed by atoms with Gasteiger partial charge in [-0.25, -0.2) is 22.2 Å². The summed E-state index contributed by atoms with van der Waals surface area (Å²) in [6.45, 7) is 0.764. The average molecular weight is 328 g/mol. The fraction of sp³-hybridized carbons (Fsp3) is 0.357. The Kier molecular flexibility index (Phi) is 3.96. The minimum atomic E-state index is -3.17. The van der Waals surface area contributed by atoms with E-state index in [2.05, 4.69) is 4.98 Å². The van der Waals surface area contributed by atoms with E-state index in [4.69, 9.17) is 4.42 Å². The highest BCUT2D eigenvalue weighted by Gasteiger charge is 2.28. The average Bonchev–Trinajstić information content (AvgIpc) is 3.07. The normalized spacial score (nSPS) is 18.1. The molecule has 0 amide bonds. The lowest BCUT2D eigenvalue weighted by Crippen LogP contribution is -2.25. The number of aromatic nitrogens is 1. The van der Waals surface area contributed by atoms with Gasteiger partial charge >= 0.3 is 0 Å². The molecule has 0 spiro atoms. The number of halogens is 2. The molecule has 0 unspecified atom stereocenters. The molecule has 1 aliphatic heterocycles. The van der Waals surface area contributed by atoms with Gasteiger partial charge < -0.3 is 4.42 Å². The molecule has 0 bridgehead atoms. The highest BCUT2D eigenvalue weighted by Crippen LogP contribution is 2.25. The van der Waals surface area contributed by atoms with Gasteiger partial charge in [0.25, 0.3) is 6.43 Å². The van der Waals surface area contributed by atoms with Crippen LogP contribution >= 0.6 is 0 Å². The van der Waals surface area contributed by atoms with E-state index >= 15 is 0 Å². The summed E-state index contributed by atoms with van der Waals surface area (Å²) in [5.74, 6) is 0.269. The molecule has 5 nitrogen and oxygen atoms in total. The van der Waals surface area contributed by atoms with Gasteiger partial charge in [-0.05, 0) is 24.1 Å². The Bertz CT molecular complexity index is 774. The van der Waals surface area contributed by atoms with Gasteiger partial charge in [0, 0.05) is 18.7 Å². The van der Waals surface area contributed by atoms with Crippen LogP contribution in [0.15, 0.2) is 34.9 Å². The van der Waals surface area contributed by atoms with E-state index in [1.807, 2.05) is 0 Å². The van der Waals surface area contributed by atoms with Crippen molar-refractivity contribution in [2.75, 3.05) is 12.3 Å². The Morgan fingerprint density at radius 3 is 2.82 bits per heavy atom. The third-order valence-electron chi connectivity index (χ3n) is 3.48. The number of sulfonamides is 1. The van der Waals surface area contributed by atoms with Gasteiger partial charge in [0.15, 0.2) is 0 Å². The number of alkyl halides is 2. The number of hydrogen-bond donors (Lipinski definition) is 0. The molecular formula is C14H14F2N2O3S. The van der Waals surface area contributed by atoms with Crippen molar-refractivity contribution in [1.82, 2.24) is 9.29 Å². The van der Waals surface area contributed by atoms with Crippen LogP contribution in [0.3, 0.4) is 0 Å². The fourth-order valence-electron chi connectivity index (χ4n) is 2.39. The first kappa shape index (κ1) is 15.1. The molecular weight excluding hydrogens is 314 g/mol. The Labute approximate surface area is 126 Å². The predicted octanol–water partition coefficient (Wildman–Crippen LogP) is 2.81. The van der Waals surface area contributed by atoms with Gasteiger partial charge in [0.05, 0.1) is 5.75 Å². The third kappa shape index (κ3) is 3.02. The topological polar surface area (TPSA) is 63.4 Å². The van der Waals surface area contributed by atoms with Crippen LogP contribution in [0.2, 0.25) is 0 Å². The van der Waals surface area contributed by atoms with Crippen molar-refractivity contribution in [1.29, 1.82) is 0 Å². The SMILES string of the molecule is O=S1(=O)CCCN1Cc1cccc(-c2nc(C(F)F)co2)c1. The van der Waals surface area contributed by atoms with Gasteiger partial charge in [-0.2, -0.15) is 4.31 Å². The highest BCUT2D eigenvalue weighted by molar-refractivity contribution is 7.89. The summed E-state index contributed by atoms with van der Waals surface area (Å²) in [7, 11) is -3.17. The molecule has 1 saturated heterocycles. The molecule has 1 aromatic carbocycles. The molecule has 0 atom stereocenters. The van der Waals surface area contributed by atoms with Crippen LogP contribution in [-0.4, -0.2) is 30.0 Å². The maximum atomic E-state index is 12.5. The zero-order valence-corrected chi connectivity index (χ0v) is 12.4. The van der Waals surface area contributed by atoms with Crippen molar-refractivity contribution >= 4 is 10.0 Å². The summed E-state index contributed by atoms with van der Waals surface area (Å²) in [5.41, 5.74) is 0.892. The van der Waals surface area contributed by atoms with Crippen LogP contribution in [0.25, 0.3) is 11.5 Å². The second kappa shape index (κ2) is 5.77. The number of rotatable bonds is 4. The Hall–Kier alpha value is -1.80. The third-order valence-corrected chi connectivity index (χ3v) is 5.38. The van der Waals surface area contributed by atoms with Crippen molar-refractivity contribution in [2.45, 2.75) is 19.4 Å². The van der Waals surface area contributed by atoms with Crippen LogP contribution < -0.4 is 0 Å². The zero-order chi connectivity index (χ0) is 15.7. The van der Waals surface area contributed by atoms with Crippen LogP contribution in [0, 0.1) is 0 Å². The van der Waals surface area contributed by atoms with E-state index in [-0.39, 0.29) is 18.2 Å². The summed E-state index contributed by atoms with van der Waals surface area (Å²) in [6, 6.07) is 6.89. The Balaban J connectivity index is 1.83. The summed E-state index contributed by atoms with van der Waals surface area (Å²) in [4.78, 5) is 3.73. The van der Waals surface area contributed by atoms with Crippen LogP contribution in [-0.2, 0) is 16.6 Å². The van der Waals surface area contributed by atoms with Crippen molar-refractivity contribution < 1.29 is 21.6 Å². The van der Waals surface area contributed by atoms with Crippen LogP contribution in [0.4, 0.5) is 8.78 Å². The zero-order valence-electron chi connectivity index (χ0n) is 11.6. The number of hydrogen-bond acceptors (Lipinski definition) is 4. The first-order chi connectivity index (χ1) is 10.5. The van der Waals surface area contributed by atoms with Gasteiger partial charge in [-0.1, -0.05) is 12.1 Å². The minimum Gasteiger partial charge on any atom is -0.444 e. The van der Waals surface area contributed by atoms with Crippen molar-refractivity contribution in [3.63, 3.8) is 0 Å². The summed E-state index contributed by atoms with van der Waals surface area (Å²) < 4.78 is 55.2. The quantitative estimate of drug-likeness (QED) is 0.866. The second-order valence-electron chi connectivity index (χ2n) is 5.08. The Morgan fingerprint density at radius 1 is 1.36 bits per heavy atom. The minimum absolute atomic E-state index is 0.0985. The molecule has 0 N–H and O–H groups in total. The van der Waals surface area contributed by atoms with Crippen LogP contribution in [0.1, 0.15) is 24.1 Å². The van der Waals surface area contributed by atoms with Crippen LogP contribution in [0.5, 0.6) is 0 Å². The molecule has 2 heterocycles. The molecule has 118 valence electrons. The first-order valence-corrected chi connectivity index (χ1v) is 8.37. The monoisotopic (exact) mass is 328 g/mol. The smallest absolute Gasteiger partial charge is 0.283 e. The lowest BCUT2D eigenvalue weighted by Gasteiger charge is -2.14.